The third-order valence-electron chi connectivity index (χ3n) is 10.9. The average Bonchev–Trinajstić information content (AvgIpc) is 3.42. The van der Waals surface area contributed by atoms with Crippen molar-refractivity contribution >= 4 is 5.97 Å². The van der Waals surface area contributed by atoms with E-state index in [9.17, 15) is 4.79 Å². The minimum absolute atomic E-state index is 0.0370. The quantitative estimate of drug-likeness (QED) is 0.185. The van der Waals surface area contributed by atoms with Crippen molar-refractivity contribution in [3.05, 3.63) is 125 Å². The highest BCUT2D eigenvalue weighted by molar-refractivity contribution is 5.86. The molecule has 0 radical (unpaired) electrons. The number of carbonyl (C=O) groups is 1. The number of benzene rings is 3. The normalized spacial score (nSPS) is 33.3. The van der Waals surface area contributed by atoms with Gasteiger partial charge in [0.05, 0.1) is 5.41 Å². The van der Waals surface area contributed by atoms with Crippen LogP contribution in [0.4, 0.5) is 0 Å². The lowest BCUT2D eigenvalue weighted by Gasteiger charge is -2.49. The first-order chi connectivity index (χ1) is 18.6. The van der Waals surface area contributed by atoms with Gasteiger partial charge in [0.2, 0.25) is 0 Å². The zero-order valence-electron chi connectivity index (χ0n) is 24.3. The van der Waals surface area contributed by atoms with E-state index in [0.717, 1.165) is 18.4 Å². The summed E-state index contributed by atoms with van der Waals surface area (Å²) in [6, 6.07) is 26.2. The Kier molecular flexibility index (Phi) is 5.99. The summed E-state index contributed by atoms with van der Waals surface area (Å²) in [7, 11) is 0. The van der Waals surface area contributed by atoms with Crippen LogP contribution in [0.2, 0.25) is 0 Å². The van der Waals surface area contributed by atoms with Gasteiger partial charge in [-0.15, -0.1) is 5.41 Å². The smallest absolute Gasteiger partial charge is 0.311 e. The first-order valence-electron chi connectivity index (χ1n) is 14.6. The minimum atomic E-state index is -0.694. The predicted octanol–water partition coefficient (Wildman–Crippen LogP) is 8.94. The van der Waals surface area contributed by atoms with Crippen LogP contribution in [-0.2, 0) is 14.9 Å². The monoisotopic (exact) mass is 517 g/mol. The Morgan fingerprint density at radius 1 is 1.00 bits per heavy atom. The van der Waals surface area contributed by atoms with E-state index in [1.165, 1.54) is 33.4 Å². The lowest BCUT2D eigenvalue weighted by molar-refractivity contribution is -0.152. The molecule has 3 aromatic carbocycles. The van der Waals surface area contributed by atoms with Crippen LogP contribution < -0.4 is 0 Å². The standard InChI is InChI=1S/C37H41O2/c1-8-20-36-32(26(5)25(4)28-19-18-23(2)24(3)21-28)35(7,29-14-10-9-11-15-29)22-37(36)27(6)30-16-12-13-17-31(30)33(37)39-34(36)38/h9-19,21-22,25,27,32-33H,5,8,20H2,1-4,6-7H3/q-1. The van der Waals surface area contributed by atoms with E-state index in [1.54, 1.807) is 0 Å². The number of ether oxygens (including phenoxy) is 1. The van der Waals surface area contributed by atoms with Gasteiger partial charge in [0, 0.05) is 5.92 Å². The summed E-state index contributed by atoms with van der Waals surface area (Å²) in [5, 5.41) is 0. The number of hydrogen-bond donors (Lipinski definition) is 0. The summed E-state index contributed by atoms with van der Waals surface area (Å²) in [6.07, 6.45) is 3.99. The molecule has 2 heteroatoms. The average molecular weight is 518 g/mol. The first-order valence-corrected chi connectivity index (χ1v) is 14.6. The molecule has 0 N–H and O–H groups in total. The van der Waals surface area contributed by atoms with Crippen molar-refractivity contribution in [1.82, 2.24) is 0 Å². The number of rotatable bonds is 6. The Labute approximate surface area is 234 Å². The van der Waals surface area contributed by atoms with Crippen molar-refractivity contribution in [2.24, 2.45) is 16.7 Å². The lowest BCUT2D eigenvalue weighted by atomic mass is 9.54. The fourth-order valence-electron chi connectivity index (χ4n) is 8.95. The minimum Gasteiger partial charge on any atom is -0.459 e. The predicted molar refractivity (Wildman–Crippen MR) is 159 cm³/mol. The first kappa shape index (κ1) is 26.1. The number of esters is 1. The van der Waals surface area contributed by atoms with Crippen LogP contribution in [0.5, 0.6) is 0 Å². The molecule has 1 saturated carbocycles. The number of carbonyl (C=O) groups excluding carboxylic acids is 1. The van der Waals surface area contributed by atoms with Gasteiger partial charge in [-0.05, 0) is 59.9 Å². The molecule has 0 bridgehead atoms. The Morgan fingerprint density at radius 2 is 1.67 bits per heavy atom. The third-order valence-corrected chi connectivity index (χ3v) is 10.9. The maximum atomic E-state index is 14.5. The maximum Gasteiger partial charge on any atom is 0.311 e. The van der Waals surface area contributed by atoms with E-state index in [1.807, 2.05) is 0 Å². The zero-order chi connectivity index (χ0) is 27.7. The van der Waals surface area contributed by atoms with Crippen molar-refractivity contribution in [1.29, 1.82) is 0 Å². The highest BCUT2D eigenvalue weighted by Crippen LogP contribution is 2.81. The van der Waals surface area contributed by atoms with Gasteiger partial charge >= 0.3 is 5.97 Å². The zero-order valence-corrected chi connectivity index (χ0v) is 24.3. The van der Waals surface area contributed by atoms with Crippen LogP contribution in [0.25, 0.3) is 0 Å². The topological polar surface area (TPSA) is 26.3 Å². The molecule has 1 spiro atoms. The molecule has 3 aromatic rings. The fraction of sp³-hybridized carbons (Fsp3) is 0.405. The highest BCUT2D eigenvalue weighted by Gasteiger charge is 2.75. The van der Waals surface area contributed by atoms with E-state index in [0.29, 0.717) is 0 Å². The molecule has 0 amide bonds. The summed E-state index contributed by atoms with van der Waals surface area (Å²) >= 11 is 0. The number of allylic oxidation sites excluding steroid dienone is 1. The summed E-state index contributed by atoms with van der Waals surface area (Å²) in [5.74, 6) is 0.123. The van der Waals surface area contributed by atoms with E-state index in [-0.39, 0.29) is 35.2 Å². The molecule has 7 unspecified atom stereocenters. The van der Waals surface area contributed by atoms with Gasteiger partial charge in [-0.2, -0.15) is 0 Å². The van der Waals surface area contributed by atoms with Gasteiger partial charge in [0.15, 0.2) is 0 Å². The van der Waals surface area contributed by atoms with E-state index < -0.39 is 10.8 Å². The molecule has 202 valence electrons. The summed E-state index contributed by atoms with van der Waals surface area (Å²) < 4.78 is 6.51. The van der Waals surface area contributed by atoms with E-state index >= 15 is 0 Å². The molecule has 2 fully saturated rings. The Balaban J connectivity index is 1.60. The van der Waals surface area contributed by atoms with Gasteiger partial charge < -0.3 is 11.2 Å². The summed E-state index contributed by atoms with van der Waals surface area (Å²) in [6.45, 7) is 18.4. The maximum absolute atomic E-state index is 14.5. The van der Waals surface area contributed by atoms with Crippen LogP contribution in [0.1, 0.15) is 91.9 Å². The number of aryl methyl sites for hydroxylation is 2. The van der Waals surface area contributed by atoms with Gasteiger partial charge in [0.25, 0.3) is 0 Å². The number of fused-ring (bicyclic) bond motifs is 2. The van der Waals surface area contributed by atoms with Crippen molar-refractivity contribution < 1.29 is 9.53 Å². The second-order valence-corrected chi connectivity index (χ2v) is 12.7. The van der Waals surface area contributed by atoms with Crippen LogP contribution in [0.15, 0.2) is 84.9 Å². The van der Waals surface area contributed by atoms with Crippen LogP contribution in [-0.4, -0.2) is 5.97 Å². The fourth-order valence-corrected chi connectivity index (χ4v) is 8.95. The van der Waals surface area contributed by atoms with Gasteiger partial charge in [-0.1, -0.05) is 130 Å². The molecule has 2 aliphatic carbocycles. The molecule has 1 saturated heterocycles. The van der Waals surface area contributed by atoms with Crippen molar-refractivity contribution in [3.8, 4) is 0 Å². The Morgan fingerprint density at radius 3 is 2.33 bits per heavy atom. The van der Waals surface area contributed by atoms with Crippen molar-refractivity contribution in [3.63, 3.8) is 0 Å². The Hall–Kier alpha value is -3.13. The van der Waals surface area contributed by atoms with E-state index in [2.05, 4.69) is 121 Å². The molecular weight excluding hydrogens is 476 g/mol. The highest BCUT2D eigenvalue weighted by atomic mass is 16.6. The molecule has 7 atom stereocenters. The molecule has 3 aliphatic rings. The van der Waals surface area contributed by atoms with Crippen molar-refractivity contribution in [2.75, 3.05) is 0 Å². The molecule has 39 heavy (non-hydrogen) atoms. The molecule has 2 nitrogen and oxygen atoms in total. The van der Waals surface area contributed by atoms with Crippen LogP contribution in [0, 0.1) is 37.0 Å². The van der Waals surface area contributed by atoms with Gasteiger partial charge in [0.1, 0.15) is 6.10 Å². The molecule has 1 heterocycles. The Bertz CT molecular complexity index is 1450. The summed E-state index contributed by atoms with van der Waals surface area (Å²) in [4.78, 5) is 14.5. The molecule has 0 aromatic heterocycles. The number of hydrogen-bond acceptors (Lipinski definition) is 2. The van der Waals surface area contributed by atoms with E-state index in [4.69, 9.17) is 11.3 Å². The van der Waals surface area contributed by atoms with Crippen molar-refractivity contribution in [2.45, 2.75) is 77.7 Å². The summed E-state index contributed by atoms with van der Waals surface area (Å²) in [5.41, 5.74) is 7.20. The van der Waals surface area contributed by atoms with Gasteiger partial charge in [-0.25, -0.2) is 0 Å². The SMILES string of the molecule is C=C(C(C)c1ccc(C)c(C)c1)C1C(C)(c2ccccc2)[CH-]C23C(C)c4ccccc4C2OC(=O)C13CCC. The van der Waals surface area contributed by atoms with Gasteiger partial charge in [-0.3, -0.25) is 4.79 Å². The molecule has 1 aliphatic heterocycles. The van der Waals surface area contributed by atoms with Crippen LogP contribution in [0.3, 0.4) is 0 Å². The lowest BCUT2D eigenvalue weighted by Crippen LogP contribution is -2.47. The van der Waals surface area contributed by atoms with Crippen LogP contribution >= 0.6 is 0 Å². The largest absolute Gasteiger partial charge is 0.459 e. The second kappa shape index (κ2) is 8.95. The second-order valence-electron chi connectivity index (χ2n) is 12.7. The third kappa shape index (κ3) is 3.24. The molecule has 6 rings (SSSR count). The molecular formula is C37H41O2-.